The maximum absolute atomic E-state index is 12.9. The second kappa shape index (κ2) is 2.48. The molecule has 0 saturated heterocycles. The van der Waals surface area contributed by atoms with Gasteiger partial charge in [-0.3, -0.25) is 0 Å². The predicted octanol–water partition coefficient (Wildman–Crippen LogP) is 2.56. The van der Waals surface area contributed by atoms with Crippen LogP contribution in [0.3, 0.4) is 0 Å². The molecule has 58 valence electrons. The van der Waals surface area contributed by atoms with Crippen molar-refractivity contribution in [1.82, 2.24) is 0 Å². The highest BCUT2D eigenvalue weighted by atomic mass is 79.9. The Morgan fingerprint density at radius 2 is 2.27 bits per heavy atom. The molecule has 0 unspecified atom stereocenters. The van der Waals surface area contributed by atoms with Crippen molar-refractivity contribution in [2.75, 3.05) is 11.9 Å². The van der Waals surface area contributed by atoms with Gasteiger partial charge in [-0.25, -0.2) is 4.39 Å². The summed E-state index contributed by atoms with van der Waals surface area (Å²) in [5, 5.41) is 3.17. The van der Waals surface area contributed by atoms with Crippen LogP contribution in [0.4, 0.5) is 10.1 Å². The van der Waals surface area contributed by atoms with Crippen molar-refractivity contribution >= 4 is 21.6 Å². The maximum atomic E-state index is 12.9. The van der Waals surface area contributed by atoms with Crippen molar-refractivity contribution in [2.45, 2.75) is 6.42 Å². The van der Waals surface area contributed by atoms with Crippen LogP contribution in [0.25, 0.3) is 0 Å². The Balaban J connectivity index is 2.62. The lowest BCUT2D eigenvalue weighted by Gasteiger charge is -2.01. The van der Waals surface area contributed by atoms with Gasteiger partial charge in [-0.2, -0.15) is 0 Å². The van der Waals surface area contributed by atoms with E-state index in [1.165, 1.54) is 6.07 Å². The van der Waals surface area contributed by atoms with E-state index in [1.54, 1.807) is 6.07 Å². The lowest BCUT2D eigenvalue weighted by Crippen LogP contribution is -1.90. The quantitative estimate of drug-likeness (QED) is 0.702. The van der Waals surface area contributed by atoms with Gasteiger partial charge in [0.15, 0.2) is 0 Å². The minimum absolute atomic E-state index is 0.174. The zero-order valence-electron chi connectivity index (χ0n) is 5.82. The van der Waals surface area contributed by atoms with Crippen LogP contribution < -0.4 is 5.32 Å². The molecule has 1 aromatic carbocycles. The Bertz CT molecular complexity index is 298. The standard InChI is InChI=1S/C8H7BrFN/c9-8-5-3-4-11-7(5)2-1-6(8)10/h1-2,11H,3-4H2. The summed E-state index contributed by atoms with van der Waals surface area (Å²) in [6.07, 6.45) is 0.910. The third-order valence-corrected chi connectivity index (χ3v) is 2.74. The van der Waals surface area contributed by atoms with Crippen molar-refractivity contribution in [3.05, 3.63) is 28.0 Å². The summed E-state index contributed by atoms with van der Waals surface area (Å²) in [6, 6.07) is 3.25. The summed E-state index contributed by atoms with van der Waals surface area (Å²) < 4.78 is 13.5. The first-order chi connectivity index (χ1) is 5.29. The van der Waals surface area contributed by atoms with E-state index in [0.29, 0.717) is 4.47 Å². The largest absolute Gasteiger partial charge is 0.384 e. The van der Waals surface area contributed by atoms with Gasteiger partial charge in [0.2, 0.25) is 0 Å². The van der Waals surface area contributed by atoms with E-state index in [4.69, 9.17) is 0 Å². The minimum Gasteiger partial charge on any atom is -0.384 e. The van der Waals surface area contributed by atoms with Gasteiger partial charge in [0.05, 0.1) is 4.47 Å². The summed E-state index contributed by atoms with van der Waals surface area (Å²) in [7, 11) is 0. The molecule has 0 spiro atoms. The molecule has 1 aromatic rings. The molecule has 1 nitrogen and oxygen atoms in total. The van der Waals surface area contributed by atoms with Crippen LogP contribution in [0.1, 0.15) is 5.56 Å². The van der Waals surface area contributed by atoms with Gasteiger partial charge >= 0.3 is 0 Å². The van der Waals surface area contributed by atoms with Gasteiger partial charge in [0.1, 0.15) is 5.82 Å². The summed E-state index contributed by atoms with van der Waals surface area (Å²) >= 11 is 3.22. The minimum atomic E-state index is -0.174. The third kappa shape index (κ3) is 1.03. The molecule has 2 rings (SSSR count). The molecule has 0 atom stereocenters. The van der Waals surface area contributed by atoms with Gasteiger partial charge in [-0.05, 0) is 40.0 Å². The van der Waals surface area contributed by atoms with E-state index in [0.717, 1.165) is 24.2 Å². The van der Waals surface area contributed by atoms with Gasteiger partial charge in [-0.1, -0.05) is 0 Å². The van der Waals surface area contributed by atoms with Crippen molar-refractivity contribution in [3.63, 3.8) is 0 Å². The molecule has 3 heteroatoms. The normalized spacial score (nSPS) is 14.4. The second-order valence-electron chi connectivity index (χ2n) is 2.56. The molecule has 0 radical (unpaired) electrons. The zero-order valence-corrected chi connectivity index (χ0v) is 7.41. The van der Waals surface area contributed by atoms with E-state index in [9.17, 15) is 4.39 Å². The number of benzene rings is 1. The molecular weight excluding hydrogens is 209 g/mol. The monoisotopic (exact) mass is 215 g/mol. The first-order valence-electron chi connectivity index (χ1n) is 3.50. The van der Waals surface area contributed by atoms with Gasteiger partial charge in [-0.15, -0.1) is 0 Å². The number of hydrogen-bond donors (Lipinski definition) is 1. The first-order valence-corrected chi connectivity index (χ1v) is 4.29. The Hall–Kier alpha value is -0.570. The predicted molar refractivity (Wildman–Crippen MR) is 46.3 cm³/mol. The number of nitrogens with one attached hydrogen (secondary N) is 1. The van der Waals surface area contributed by atoms with Gasteiger partial charge < -0.3 is 5.32 Å². The van der Waals surface area contributed by atoms with E-state index in [-0.39, 0.29) is 5.82 Å². The van der Waals surface area contributed by atoms with Crippen LogP contribution in [0, 0.1) is 5.82 Å². The van der Waals surface area contributed by atoms with Crippen molar-refractivity contribution in [3.8, 4) is 0 Å². The summed E-state index contributed by atoms with van der Waals surface area (Å²) in [5.41, 5.74) is 2.11. The fraction of sp³-hybridized carbons (Fsp3) is 0.250. The molecule has 0 aliphatic carbocycles. The molecule has 0 aromatic heterocycles. The lowest BCUT2D eigenvalue weighted by atomic mass is 10.2. The van der Waals surface area contributed by atoms with Crippen LogP contribution in [-0.4, -0.2) is 6.54 Å². The zero-order chi connectivity index (χ0) is 7.84. The first kappa shape index (κ1) is 7.10. The molecule has 0 saturated carbocycles. The van der Waals surface area contributed by atoms with Crippen molar-refractivity contribution in [2.24, 2.45) is 0 Å². The summed E-state index contributed by atoms with van der Waals surface area (Å²) in [5.74, 6) is -0.174. The fourth-order valence-corrected chi connectivity index (χ4v) is 1.87. The number of fused-ring (bicyclic) bond motifs is 1. The Morgan fingerprint density at radius 3 is 3.09 bits per heavy atom. The smallest absolute Gasteiger partial charge is 0.137 e. The number of halogens is 2. The van der Waals surface area contributed by atoms with E-state index in [1.807, 2.05) is 0 Å². The van der Waals surface area contributed by atoms with Crippen molar-refractivity contribution < 1.29 is 4.39 Å². The molecule has 0 amide bonds. The van der Waals surface area contributed by atoms with Crippen molar-refractivity contribution in [1.29, 1.82) is 0 Å². The van der Waals surface area contributed by atoms with Crippen LogP contribution >= 0.6 is 15.9 Å². The Labute approximate surface area is 72.7 Å². The van der Waals surface area contributed by atoms with E-state index >= 15 is 0 Å². The molecule has 0 bridgehead atoms. The SMILES string of the molecule is Fc1ccc2c(c1Br)CCN2. The lowest BCUT2D eigenvalue weighted by molar-refractivity contribution is 0.619. The van der Waals surface area contributed by atoms with Crippen LogP contribution in [0.15, 0.2) is 16.6 Å². The molecule has 1 heterocycles. The second-order valence-corrected chi connectivity index (χ2v) is 3.36. The highest BCUT2D eigenvalue weighted by Gasteiger charge is 2.15. The number of rotatable bonds is 0. The van der Waals surface area contributed by atoms with Gasteiger partial charge in [0.25, 0.3) is 0 Å². The average molecular weight is 216 g/mol. The third-order valence-electron chi connectivity index (χ3n) is 1.89. The molecule has 1 aliphatic rings. The number of hydrogen-bond acceptors (Lipinski definition) is 1. The molecule has 0 fully saturated rings. The molecular formula is C8H7BrFN. The fourth-order valence-electron chi connectivity index (χ4n) is 1.32. The highest BCUT2D eigenvalue weighted by Crippen LogP contribution is 2.31. The Kier molecular flexibility index (Phi) is 1.60. The maximum Gasteiger partial charge on any atom is 0.137 e. The summed E-state index contributed by atoms with van der Waals surface area (Å²) in [4.78, 5) is 0. The van der Waals surface area contributed by atoms with Crippen LogP contribution in [0.2, 0.25) is 0 Å². The highest BCUT2D eigenvalue weighted by molar-refractivity contribution is 9.10. The van der Waals surface area contributed by atoms with Gasteiger partial charge in [0, 0.05) is 12.2 Å². The van der Waals surface area contributed by atoms with E-state index < -0.39 is 0 Å². The topological polar surface area (TPSA) is 12.0 Å². The van der Waals surface area contributed by atoms with Crippen LogP contribution in [-0.2, 0) is 6.42 Å². The molecule has 1 N–H and O–H groups in total. The molecule has 1 aliphatic heterocycles. The average Bonchev–Trinajstić information content (AvgIpc) is 2.45. The number of anilines is 1. The summed E-state index contributed by atoms with van der Waals surface area (Å²) in [6.45, 7) is 0.914. The van der Waals surface area contributed by atoms with Crippen LogP contribution in [0.5, 0.6) is 0 Å². The Morgan fingerprint density at radius 1 is 1.45 bits per heavy atom. The molecule has 11 heavy (non-hydrogen) atoms. The van der Waals surface area contributed by atoms with E-state index in [2.05, 4.69) is 21.2 Å².